The molecule has 0 aliphatic carbocycles. The number of halogens is 2. The molecule has 1 aromatic heterocycles. The van der Waals surface area contributed by atoms with Gasteiger partial charge in [-0.3, -0.25) is 4.79 Å². The predicted molar refractivity (Wildman–Crippen MR) is 69.8 cm³/mol. The zero-order chi connectivity index (χ0) is 14.7. The zero-order valence-electron chi connectivity index (χ0n) is 10.6. The lowest BCUT2D eigenvalue weighted by atomic mass is 10.1. The average molecular weight is 299 g/mol. The van der Waals surface area contributed by atoms with Crippen molar-refractivity contribution in [2.24, 2.45) is 0 Å². The van der Waals surface area contributed by atoms with Crippen LogP contribution in [0.2, 0.25) is 5.02 Å². The average Bonchev–Trinajstić information content (AvgIpc) is 2.88. The number of aliphatic carboxylic acids is 1. The highest BCUT2D eigenvalue weighted by Crippen LogP contribution is 2.26. The van der Waals surface area contributed by atoms with E-state index in [1.54, 1.807) is 0 Å². The number of carboxylic acids is 1. The minimum absolute atomic E-state index is 0.0386. The number of nitrogens with zero attached hydrogens (tertiary/aromatic N) is 4. The van der Waals surface area contributed by atoms with Gasteiger partial charge in [0.05, 0.1) is 17.5 Å². The quantitative estimate of drug-likeness (QED) is 0.917. The molecule has 2 aromatic rings. The van der Waals surface area contributed by atoms with Crippen molar-refractivity contribution in [1.29, 1.82) is 0 Å². The summed E-state index contributed by atoms with van der Waals surface area (Å²) < 4.78 is 14.6. The molecule has 0 aliphatic heterocycles. The first-order valence-electron chi connectivity index (χ1n) is 5.98. The number of hydrogen-bond donors (Lipinski definition) is 1. The standard InChI is InChI=1S/C12H12ClFN4O2/c1-2-8(6-11(19)20)18-12(15-16-17-18)7-3-4-10(14)9(13)5-7/h3-5,8H,2,6H2,1H3,(H,19,20). The van der Waals surface area contributed by atoms with Crippen LogP contribution in [0.15, 0.2) is 18.2 Å². The van der Waals surface area contributed by atoms with Gasteiger partial charge in [0.25, 0.3) is 0 Å². The van der Waals surface area contributed by atoms with Crippen molar-refractivity contribution in [3.63, 3.8) is 0 Å². The van der Waals surface area contributed by atoms with E-state index in [1.807, 2.05) is 6.92 Å². The summed E-state index contributed by atoms with van der Waals surface area (Å²) in [7, 11) is 0. The van der Waals surface area contributed by atoms with Crippen molar-refractivity contribution in [2.75, 3.05) is 0 Å². The molecule has 1 N–H and O–H groups in total. The van der Waals surface area contributed by atoms with E-state index in [-0.39, 0.29) is 17.5 Å². The largest absolute Gasteiger partial charge is 0.481 e. The number of tetrazole rings is 1. The van der Waals surface area contributed by atoms with Gasteiger partial charge in [0.1, 0.15) is 5.82 Å². The Bertz CT molecular complexity index is 632. The summed E-state index contributed by atoms with van der Waals surface area (Å²) in [5, 5.41) is 20.1. The Morgan fingerprint density at radius 3 is 2.90 bits per heavy atom. The molecule has 2 rings (SSSR count). The van der Waals surface area contributed by atoms with Crippen LogP contribution in [0, 0.1) is 5.82 Å². The minimum Gasteiger partial charge on any atom is -0.481 e. The third-order valence-electron chi connectivity index (χ3n) is 2.90. The fraction of sp³-hybridized carbons (Fsp3) is 0.333. The van der Waals surface area contributed by atoms with Crippen molar-refractivity contribution in [3.05, 3.63) is 29.0 Å². The fourth-order valence-electron chi connectivity index (χ4n) is 1.87. The van der Waals surface area contributed by atoms with Crippen LogP contribution in [-0.4, -0.2) is 31.3 Å². The van der Waals surface area contributed by atoms with E-state index in [9.17, 15) is 9.18 Å². The number of carbonyl (C=O) groups is 1. The second-order valence-corrected chi connectivity index (χ2v) is 4.64. The van der Waals surface area contributed by atoms with Crippen molar-refractivity contribution in [3.8, 4) is 11.4 Å². The third-order valence-corrected chi connectivity index (χ3v) is 3.19. The summed E-state index contributed by atoms with van der Waals surface area (Å²) in [5.41, 5.74) is 0.533. The van der Waals surface area contributed by atoms with Crippen LogP contribution in [0.25, 0.3) is 11.4 Å². The molecule has 8 heteroatoms. The molecular weight excluding hydrogens is 287 g/mol. The Kier molecular flexibility index (Phi) is 4.29. The van der Waals surface area contributed by atoms with Crippen LogP contribution in [0.4, 0.5) is 4.39 Å². The molecule has 1 heterocycles. The summed E-state index contributed by atoms with van der Waals surface area (Å²) in [6, 6.07) is 3.75. The second-order valence-electron chi connectivity index (χ2n) is 4.24. The maximum Gasteiger partial charge on any atom is 0.305 e. The molecule has 20 heavy (non-hydrogen) atoms. The molecule has 0 bridgehead atoms. The Labute approximate surface area is 119 Å². The van der Waals surface area contributed by atoms with E-state index < -0.39 is 11.8 Å². The van der Waals surface area contributed by atoms with Crippen molar-refractivity contribution < 1.29 is 14.3 Å². The van der Waals surface area contributed by atoms with Crippen LogP contribution in [0.1, 0.15) is 25.8 Å². The Balaban J connectivity index is 2.40. The summed E-state index contributed by atoms with van der Waals surface area (Å²) >= 11 is 5.73. The van der Waals surface area contributed by atoms with E-state index in [0.29, 0.717) is 17.8 Å². The molecule has 0 amide bonds. The van der Waals surface area contributed by atoms with Gasteiger partial charge in [0.15, 0.2) is 5.82 Å². The molecule has 0 saturated carbocycles. The van der Waals surface area contributed by atoms with Gasteiger partial charge in [-0.15, -0.1) is 5.10 Å². The maximum absolute atomic E-state index is 13.2. The lowest BCUT2D eigenvalue weighted by Crippen LogP contribution is -2.15. The van der Waals surface area contributed by atoms with E-state index in [4.69, 9.17) is 16.7 Å². The number of carboxylic acid groups (broad SMARTS) is 1. The molecule has 1 atom stereocenters. The summed E-state index contributed by atoms with van der Waals surface area (Å²) in [5.74, 6) is -1.11. The highest BCUT2D eigenvalue weighted by Gasteiger charge is 2.20. The van der Waals surface area contributed by atoms with Gasteiger partial charge in [-0.05, 0) is 35.0 Å². The maximum atomic E-state index is 13.2. The molecule has 6 nitrogen and oxygen atoms in total. The van der Waals surface area contributed by atoms with Gasteiger partial charge in [-0.25, -0.2) is 9.07 Å². The van der Waals surface area contributed by atoms with E-state index in [0.717, 1.165) is 0 Å². The molecule has 0 saturated heterocycles. The number of benzene rings is 1. The van der Waals surface area contributed by atoms with Crippen LogP contribution in [-0.2, 0) is 4.79 Å². The lowest BCUT2D eigenvalue weighted by molar-refractivity contribution is -0.138. The van der Waals surface area contributed by atoms with Gasteiger partial charge < -0.3 is 5.11 Å². The topological polar surface area (TPSA) is 80.9 Å². The zero-order valence-corrected chi connectivity index (χ0v) is 11.4. The van der Waals surface area contributed by atoms with Crippen LogP contribution >= 0.6 is 11.6 Å². The number of aromatic nitrogens is 4. The van der Waals surface area contributed by atoms with Crippen molar-refractivity contribution >= 4 is 17.6 Å². The summed E-state index contributed by atoms with van der Waals surface area (Å²) in [6.45, 7) is 1.84. The lowest BCUT2D eigenvalue weighted by Gasteiger charge is -2.14. The predicted octanol–water partition coefficient (Wildman–Crippen LogP) is 2.56. The highest BCUT2D eigenvalue weighted by molar-refractivity contribution is 6.31. The molecule has 0 radical (unpaired) electrons. The van der Waals surface area contributed by atoms with Gasteiger partial charge in [0.2, 0.25) is 0 Å². The Morgan fingerprint density at radius 1 is 1.55 bits per heavy atom. The third kappa shape index (κ3) is 2.93. The van der Waals surface area contributed by atoms with Gasteiger partial charge >= 0.3 is 5.97 Å². The first-order chi connectivity index (χ1) is 9.52. The van der Waals surface area contributed by atoms with Gasteiger partial charge in [0, 0.05) is 5.56 Å². The number of rotatable bonds is 5. The Hall–Kier alpha value is -2.02. The highest BCUT2D eigenvalue weighted by atomic mass is 35.5. The molecule has 0 aliphatic rings. The first-order valence-corrected chi connectivity index (χ1v) is 6.35. The van der Waals surface area contributed by atoms with Crippen LogP contribution in [0.3, 0.4) is 0 Å². The molecular formula is C12H12ClFN4O2. The second kappa shape index (κ2) is 5.96. The van der Waals surface area contributed by atoms with Gasteiger partial charge in [-0.1, -0.05) is 18.5 Å². The van der Waals surface area contributed by atoms with E-state index >= 15 is 0 Å². The van der Waals surface area contributed by atoms with Crippen molar-refractivity contribution in [2.45, 2.75) is 25.8 Å². The minimum atomic E-state index is -0.935. The molecule has 1 unspecified atom stereocenters. The smallest absolute Gasteiger partial charge is 0.305 e. The van der Waals surface area contributed by atoms with Crippen LogP contribution < -0.4 is 0 Å². The summed E-state index contributed by atoms with van der Waals surface area (Å²) in [6.07, 6.45) is 0.461. The Morgan fingerprint density at radius 2 is 2.30 bits per heavy atom. The first kappa shape index (κ1) is 14.4. The van der Waals surface area contributed by atoms with Crippen LogP contribution in [0.5, 0.6) is 0 Å². The fourth-order valence-corrected chi connectivity index (χ4v) is 2.05. The summed E-state index contributed by atoms with van der Waals surface area (Å²) in [4.78, 5) is 10.9. The van der Waals surface area contributed by atoms with Crippen molar-refractivity contribution in [1.82, 2.24) is 20.2 Å². The molecule has 106 valence electrons. The van der Waals surface area contributed by atoms with E-state index in [1.165, 1.54) is 22.9 Å². The van der Waals surface area contributed by atoms with E-state index in [2.05, 4.69) is 15.5 Å². The van der Waals surface area contributed by atoms with Gasteiger partial charge in [-0.2, -0.15) is 0 Å². The molecule has 1 aromatic carbocycles. The normalized spacial score (nSPS) is 12.3. The molecule has 0 fully saturated rings. The SMILES string of the molecule is CCC(CC(=O)O)n1nnnc1-c1ccc(F)c(Cl)c1. The monoisotopic (exact) mass is 298 g/mol. The number of hydrogen-bond acceptors (Lipinski definition) is 4. The molecule has 0 spiro atoms.